The molecule has 3 N–H and O–H groups in total. The Balaban J connectivity index is 1.93. The van der Waals surface area contributed by atoms with E-state index in [9.17, 15) is 19.5 Å². The van der Waals surface area contributed by atoms with E-state index < -0.39 is 35.3 Å². The number of hydrogen-bond donors (Lipinski definition) is 3. The van der Waals surface area contributed by atoms with Gasteiger partial charge in [-0.2, -0.15) is 5.10 Å². The van der Waals surface area contributed by atoms with Gasteiger partial charge in [0.2, 0.25) is 5.88 Å². The minimum Gasteiger partial charge on any atom is -0.505 e. The molecule has 10 nitrogen and oxygen atoms in total. The number of nitrogens with zero attached hydrogens (tertiary/aromatic N) is 3. The molecule has 33 heavy (non-hydrogen) atoms. The normalized spacial score (nSPS) is 10.6. The minimum absolute atomic E-state index is 0.0645. The van der Waals surface area contributed by atoms with Gasteiger partial charge >= 0.3 is 5.97 Å². The zero-order valence-electron chi connectivity index (χ0n) is 18.2. The van der Waals surface area contributed by atoms with Crippen LogP contribution in [0.1, 0.15) is 35.0 Å². The summed E-state index contributed by atoms with van der Waals surface area (Å²) in [6.45, 7) is 1.26. The predicted octanol–water partition coefficient (Wildman–Crippen LogP) is 1.83. The van der Waals surface area contributed by atoms with E-state index in [0.717, 1.165) is 21.4 Å². The monoisotopic (exact) mass is 452 g/mol. The van der Waals surface area contributed by atoms with Crippen LogP contribution in [-0.4, -0.2) is 50.5 Å². The first-order valence-corrected chi connectivity index (χ1v) is 10.3. The van der Waals surface area contributed by atoms with E-state index in [1.54, 1.807) is 19.4 Å². The van der Waals surface area contributed by atoms with Gasteiger partial charge in [-0.05, 0) is 29.2 Å². The van der Waals surface area contributed by atoms with E-state index in [-0.39, 0.29) is 12.2 Å². The van der Waals surface area contributed by atoms with E-state index in [2.05, 4.69) is 15.4 Å². The fourth-order valence-corrected chi connectivity index (χ4v) is 3.25. The number of carboxylic acids is 1. The summed E-state index contributed by atoms with van der Waals surface area (Å²) in [5.74, 6) is -2.26. The standard InChI is InChI=1S/C23H24N4O6/c1-3-4-17-21(30)20(22(31)25-12-19(28)29)23(32)27(26-17)13-14-5-7-15(8-6-14)16-9-10-24-18(11-16)33-2/h5-11,30H,3-4,12-13H2,1-2H3,(H,25,31)(H,28,29). The van der Waals surface area contributed by atoms with E-state index in [1.165, 1.54) is 0 Å². The van der Waals surface area contributed by atoms with Crippen molar-refractivity contribution in [1.82, 2.24) is 20.1 Å². The van der Waals surface area contributed by atoms with Crippen LogP contribution in [-0.2, 0) is 17.8 Å². The molecular weight excluding hydrogens is 428 g/mol. The maximum absolute atomic E-state index is 12.9. The van der Waals surface area contributed by atoms with E-state index >= 15 is 0 Å². The van der Waals surface area contributed by atoms with Crippen LogP contribution in [0.2, 0.25) is 0 Å². The molecule has 0 unspecified atom stereocenters. The third-order valence-electron chi connectivity index (χ3n) is 4.88. The number of methoxy groups -OCH3 is 1. The fraction of sp³-hybridized carbons (Fsp3) is 0.261. The maximum atomic E-state index is 12.9. The Labute approximate surface area is 189 Å². The smallest absolute Gasteiger partial charge is 0.322 e. The maximum Gasteiger partial charge on any atom is 0.322 e. The molecule has 0 atom stereocenters. The number of hydrogen-bond acceptors (Lipinski definition) is 7. The number of nitrogens with one attached hydrogen (secondary N) is 1. The summed E-state index contributed by atoms with van der Waals surface area (Å²) in [5, 5.41) is 25.6. The highest BCUT2D eigenvalue weighted by atomic mass is 16.5. The number of aromatic hydroxyl groups is 1. The van der Waals surface area contributed by atoms with Crippen molar-refractivity contribution in [1.29, 1.82) is 0 Å². The largest absolute Gasteiger partial charge is 0.505 e. The fourth-order valence-electron chi connectivity index (χ4n) is 3.25. The number of pyridine rings is 1. The quantitative estimate of drug-likeness (QED) is 0.446. The molecule has 10 heteroatoms. The lowest BCUT2D eigenvalue weighted by molar-refractivity contribution is -0.135. The first-order chi connectivity index (χ1) is 15.8. The SMILES string of the molecule is CCCc1nn(Cc2ccc(-c3ccnc(OC)c3)cc2)c(=O)c(C(=O)NCC(=O)O)c1O. The first-order valence-electron chi connectivity index (χ1n) is 10.3. The highest BCUT2D eigenvalue weighted by Crippen LogP contribution is 2.23. The molecular formula is C23H24N4O6. The van der Waals surface area contributed by atoms with Crippen LogP contribution in [0, 0.1) is 0 Å². The minimum atomic E-state index is -1.27. The van der Waals surface area contributed by atoms with Crippen molar-refractivity contribution in [3.8, 4) is 22.8 Å². The molecule has 1 amide bonds. The zero-order valence-corrected chi connectivity index (χ0v) is 18.2. The second kappa shape index (κ2) is 10.4. The second-order valence-corrected chi connectivity index (χ2v) is 7.24. The molecule has 3 rings (SSSR count). The van der Waals surface area contributed by atoms with Crippen molar-refractivity contribution in [3.05, 3.63) is 69.8 Å². The number of aliphatic carboxylic acids is 1. The summed E-state index contributed by atoms with van der Waals surface area (Å²) in [6.07, 6.45) is 2.61. The molecule has 0 bridgehead atoms. The molecule has 0 aliphatic rings. The molecule has 0 saturated carbocycles. The Morgan fingerprint density at radius 3 is 2.52 bits per heavy atom. The summed E-state index contributed by atoms with van der Waals surface area (Å²) in [4.78, 5) is 40.2. The molecule has 172 valence electrons. The average Bonchev–Trinajstić information content (AvgIpc) is 2.81. The third kappa shape index (κ3) is 5.53. The number of amides is 1. The van der Waals surface area contributed by atoms with E-state index in [4.69, 9.17) is 9.84 Å². The van der Waals surface area contributed by atoms with Gasteiger partial charge in [0.1, 0.15) is 17.8 Å². The van der Waals surface area contributed by atoms with Crippen molar-refractivity contribution in [2.45, 2.75) is 26.3 Å². The lowest BCUT2D eigenvalue weighted by atomic mass is 10.0. The second-order valence-electron chi connectivity index (χ2n) is 7.24. The average molecular weight is 452 g/mol. The molecule has 1 aromatic carbocycles. The molecule has 0 spiro atoms. The molecule has 2 heterocycles. The summed E-state index contributed by atoms with van der Waals surface area (Å²) in [7, 11) is 1.54. The van der Waals surface area contributed by atoms with Gasteiger partial charge in [0.05, 0.1) is 13.7 Å². The van der Waals surface area contributed by atoms with Crippen LogP contribution >= 0.6 is 0 Å². The van der Waals surface area contributed by atoms with Gasteiger partial charge in [0.15, 0.2) is 5.75 Å². The van der Waals surface area contributed by atoms with Gasteiger partial charge in [-0.15, -0.1) is 0 Å². The van der Waals surface area contributed by atoms with Crippen molar-refractivity contribution in [2.24, 2.45) is 0 Å². The zero-order chi connectivity index (χ0) is 24.0. The number of carboxylic acid groups (broad SMARTS) is 1. The lowest BCUT2D eigenvalue weighted by Gasteiger charge is -2.13. The Morgan fingerprint density at radius 1 is 1.15 bits per heavy atom. The van der Waals surface area contributed by atoms with Crippen LogP contribution in [0.15, 0.2) is 47.4 Å². The summed E-state index contributed by atoms with van der Waals surface area (Å²) in [5.41, 5.74) is 1.45. The molecule has 0 aliphatic carbocycles. The number of ether oxygens (including phenoxy) is 1. The highest BCUT2D eigenvalue weighted by molar-refractivity contribution is 5.98. The van der Waals surface area contributed by atoms with E-state index in [0.29, 0.717) is 18.7 Å². The molecule has 0 radical (unpaired) electrons. The van der Waals surface area contributed by atoms with Gasteiger partial charge in [-0.25, -0.2) is 9.67 Å². The highest BCUT2D eigenvalue weighted by Gasteiger charge is 2.23. The Morgan fingerprint density at radius 2 is 1.88 bits per heavy atom. The van der Waals surface area contributed by atoms with Crippen LogP contribution in [0.5, 0.6) is 11.6 Å². The van der Waals surface area contributed by atoms with Crippen LogP contribution in [0.4, 0.5) is 0 Å². The van der Waals surface area contributed by atoms with Gasteiger partial charge in [0.25, 0.3) is 11.5 Å². The Hall–Kier alpha value is -4.21. The molecule has 3 aromatic rings. The molecule has 0 saturated heterocycles. The molecule has 2 aromatic heterocycles. The lowest BCUT2D eigenvalue weighted by Crippen LogP contribution is -2.37. The van der Waals surface area contributed by atoms with Gasteiger partial charge in [0, 0.05) is 12.3 Å². The van der Waals surface area contributed by atoms with Gasteiger partial charge in [-0.3, -0.25) is 14.4 Å². The Kier molecular flexibility index (Phi) is 7.39. The summed E-state index contributed by atoms with van der Waals surface area (Å²) < 4.78 is 6.25. The summed E-state index contributed by atoms with van der Waals surface area (Å²) in [6, 6.07) is 11.1. The number of rotatable bonds is 9. The first kappa shape index (κ1) is 23.5. The van der Waals surface area contributed by atoms with Crippen molar-refractivity contribution < 1.29 is 24.5 Å². The van der Waals surface area contributed by atoms with Crippen LogP contribution in [0.25, 0.3) is 11.1 Å². The topological polar surface area (TPSA) is 144 Å². The van der Waals surface area contributed by atoms with Crippen LogP contribution in [0.3, 0.4) is 0 Å². The predicted molar refractivity (Wildman–Crippen MR) is 119 cm³/mol. The number of aromatic nitrogens is 3. The van der Waals surface area contributed by atoms with Crippen molar-refractivity contribution >= 4 is 11.9 Å². The van der Waals surface area contributed by atoms with Crippen LogP contribution < -0.4 is 15.6 Å². The number of carbonyl (C=O) groups is 2. The number of aryl methyl sites for hydroxylation is 1. The van der Waals surface area contributed by atoms with Gasteiger partial charge < -0.3 is 20.3 Å². The number of benzene rings is 1. The van der Waals surface area contributed by atoms with E-state index in [1.807, 2.05) is 37.3 Å². The van der Waals surface area contributed by atoms with Crippen molar-refractivity contribution in [2.75, 3.05) is 13.7 Å². The molecule has 0 aliphatic heterocycles. The van der Waals surface area contributed by atoms with Gasteiger partial charge in [-0.1, -0.05) is 37.6 Å². The van der Waals surface area contributed by atoms with Crippen molar-refractivity contribution in [3.63, 3.8) is 0 Å². The summed E-state index contributed by atoms with van der Waals surface area (Å²) >= 11 is 0. The molecule has 0 fully saturated rings. The third-order valence-corrected chi connectivity index (χ3v) is 4.88. The number of carbonyl (C=O) groups excluding carboxylic acids is 1. The Bertz CT molecular complexity index is 1220.